The maximum absolute atomic E-state index is 11.6. The number of carbonyl (C=O) groups excluding carboxylic acids is 1. The van der Waals surface area contributed by atoms with Gasteiger partial charge in [-0.15, -0.1) is 0 Å². The zero-order chi connectivity index (χ0) is 14.5. The summed E-state index contributed by atoms with van der Waals surface area (Å²) in [6.45, 7) is 4.19. The maximum Gasteiger partial charge on any atom is 0.251 e. The lowest BCUT2D eigenvalue weighted by atomic mass is 10.1. The molecule has 0 aromatic heterocycles. The van der Waals surface area contributed by atoms with Crippen LogP contribution in [-0.4, -0.2) is 13.0 Å². The van der Waals surface area contributed by atoms with Crippen molar-refractivity contribution in [2.24, 2.45) is 0 Å². The van der Waals surface area contributed by atoms with Gasteiger partial charge in [0.15, 0.2) is 0 Å². The van der Waals surface area contributed by atoms with E-state index in [1.807, 2.05) is 18.2 Å². The molecule has 0 fully saturated rings. The molecule has 0 aliphatic carbocycles. The summed E-state index contributed by atoms with van der Waals surface area (Å²) < 4.78 is 0. The lowest BCUT2D eigenvalue weighted by molar-refractivity contribution is 0.0963. The van der Waals surface area contributed by atoms with Crippen LogP contribution in [0.4, 0.5) is 5.69 Å². The predicted octanol–water partition coefficient (Wildman–Crippen LogP) is 3.53. The van der Waals surface area contributed by atoms with E-state index >= 15 is 0 Å². The van der Waals surface area contributed by atoms with Crippen LogP contribution in [0.5, 0.6) is 0 Å². The molecule has 0 saturated heterocycles. The highest BCUT2D eigenvalue weighted by molar-refractivity contribution is 5.94. The van der Waals surface area contributed by atoms with Gasteiger partial charge in [-0.2, -0.15) is 0 Å². The smallest absolute Gasteiger partial charge is 0.251 e. The van der Waals surface area contributed by atoms with Crippen LogP contribution in [0.25, 0.3) is 0 Å². The topological polar surface area (TPSA) is 41.1 Å². The Morgan fingerprint density at radius 3 is 2.45 bits per heavy atom. The molecule has 1 amide bonds. The molecule has 0 aliphatic rings. The molecule has 1 unspecified atom stereocenters. The Balaban J connectivity index is 2.13. The maximum atomic E-state index is 11.6. The van der Waals surface area contributed by atoms with E-state index in [0.29, 0.717) is 5.56 Å². The van der Waals surface area contributed by atoms with Crippen LogP contribution in [0.3, 0.4) is 0 Å². The van der Waals surface area contributed by atoms with Crippen molar-refractivity contribution in [3.8, 4) is 0 Å². The molecular weight excluding hydrogens is 248 g/mol. The van der Waals surface area contributed by atoms with Crippen LogP contribution in [0, 0.1) is 6.92 Å². The monoisotopic (exact) mass is 268 g/mol. The second kappa shape index (κ2) is 6.24. The Hall–Kier alpha value is -2.29. The molecule has 3 heteroatoms. The van der Waals surface area contributed by atoms with Crippen LogP contribution < -0.4 is 10.6 Å². The van der Waals surface area contributed by atoms with Gasteiger partial charge in [-0.25, -0.2) is 0 Å². The molecule has 2 aromatic carbocycles. The van der Waals surface area contributed by atoms with Crippen molar-refractivity contribution in [2.75, 3.05) is 12.4 Å². The molecule has 20 heavy (non-hydrogen) atoms. The first-order chi connectivity index (χ1) is 9.60. The third-order valence-corrected chi connectivity index (χ3v) is 3.31. The summed E-state index contributed by atoms with van der Waals surface area (Å²) in [6.07, 6.45) is 0. The second-order valence-electron chi connectivity index (χ2n) is 4.94. The fourth-order valence-electron chi connectivity index (χ4n) is 2.08. The zero-order valence-corrected chi connectivity index (χ0v) is 12.1. The van der Waals surface area contributed by atoms with Gasteiger partial charge in [0.05, 0.1) is 0 Å². The Morgan fingerprint density at radius 1 is 1.10 bits per heavy atom. The molecule has 2 N–H and O–H groups in total. The lowest BCUT2D eigenvalue weighted by Gasteiger charge is -2.16. The number of rotatable bonds is 4. The molecule has 0 bridgehead atoms. The first-order valence-corrected chi connectivity index (χ1v) is 6.75. The normalized spacial score (nSPS) is 11.8. The molecule has 1 atom stereocenters. The first kappa shape index (κ1) is 14.1. The number of amides is 1. The highest BCUT2D eigenvalue weighted by atomic mass is 16.1. The number of nitrogens with one attached hydrogen (secondary N) is 2. The summed E-state index contributed by atoms with van der Waals surface area (Å²) >= 11 is 0. The van der Waals surface area contributed by atoms with Crippen molar-refractivity contribution in [3.63, 3.8) is 0 Å². The molecule has 0 spiro atoms. The van der Waals surface area contributed by atoms with E-state index in [1.165, 1.54) is 11.1 Å². The van der Waals surface area contributed by atoms with Gasteiger partial charge in [-0.05, 0) is 37.6 Å². The van der Waals surface area contributed by atoms with Gasteiger partial charge in [0.1, 0.15) is 0 Å². The zero-order valence-electron chi connectivity index (χ0n) is 12.1. The number of anilines is 1. The molecule has 2 aromatic rings. The average Bonchev–Trinajstić information content (AvgIpc) is 2.47. The summed E-state index contributed by atoms with van der Waals surface area (Å²) in [5, 5.41) is 6.05. The van der Waals surface area contributed by atoms with Gasteiger partial charge in [0, 0.05) is 24.3 Å². The van der Waals surface area contributed by atoms with E-state index in [1.54, 1.807) is 13.1 Å². The fraction of sp³-hybridized carbons (Fsp3) is 0.235. The summed E-state index contributed by atoms with van der Waals surface area (Å²) in [5.74, 6) is -0.0726. The molecule has 0 saturated carbocycles. The molecule has 0 radical (unpaired) electrons. The summed E-state index contributed by atoms with van der Waals surface area (Å²) in [6, 6.07) is 16.2. The standard InChI is InChI=1S/C17H20N2O/c1-12-7-9-14(10-8-12)13(2)19-16-6-4-5-15(11-16)17(20)18-3/h4-11,13,19H,1-3H3,(H,18,20). The van der Waals surface area contributed by atoms with Crippen molar-refractivity contribution >= 4 is 11.6 Å². The van der Waals surface area contributed by atoms with Gasteiger partial charge < -0.3 is 10.6 Å². The van der Waals surface area contributed by atoms with E-state index in [0.717, 1.165) is 5.69 Å². The largest absolute Gasteiger partial charge is 0.379 e. The Kier molecular flexibility index (Phi) is 4.41. The van der Waals surface area contributed by atoms with Gasteiger partial charge in [0.25, 0.3) is 5.91 Å². The SMILES string of the molecule is CNC(=O)c1cccc(NC(C)c2ccc(C)cc2)c1. The van der Waals surface area contributed by atoms with Crippen LogP contribution >= 0.6 is 0 Å². The van der Waals surface area contributed by atoms with E-state index in [-0.39, 0.29) is 11.9 Å². The quantitative estimate of drug-likeness (QED) is 0.890. The minimum absolute atomic E-state index is 0.0726. The predicted molar refractivity (Wildman–Crippen MR) is 83.0 cm³/mol. The van der Waals surface area contributed by atoms with E-state index in [2.05, 4.69) is 48.7 Å². The Bertz CT molecular complexity index is 590. The minimum atomic E-state index is -0.0726. The highest BCUT2D eigenvalue weighted by Crippen LogP contribution is 2.20. The van der Waals surface area contributed by atoms with Gasteiger partial charge in [-0.1, -0.05) is 35.9 Å². The first-order valence-electron chi connectivity index (χ1n) is 6.75. The highest BCUT2D eigenvalue weighted by Gasteiger charge is 2.07. The Morgan fingerprint density at radius 2 is 1.80 bits per heavy atom. The summed E-state index contributed by atoms with van der Waals surface area (Å²) in [4.78, 5) is 11.6. The lowest BCUT2D eigenvalue weighted by Crippen LogP contribution is -2.18. The number of aryl methyl sites for hydroxylation is 1. The van der Waals surface area contributed by atoms with E-state index < -0.39 is 0 Å². The van der Waals surface area contributed by atoms with Crippen molar-refractivity contribution in [3.05, 3.63) is 65.2 Å². The van der Waals surface area contributed by atoms with Gasteiger partial charge >= 0.3 is 0 Å². The van der Waals surface area contributed by atoms with Crippen LogP contribution in [0.1, 0.15) is 34.5 Å². The second-order valence-corrected chi connectivity index (χ2v) is 4.94. The van der Waals surface area contributed by atoms with Gasteiger partial charge in [0.2, 0.25) is 0 Å². The van der Waals surface area contributed by atoms with Crippen molar-refractivity contribution < 1.29 is 4.79 Å². The van der Waals surface area contributed by atoms with Crippen molar-refractivity contribution in [1.82, 2.24) is 5.32 Å². The molecule has 104 valence electrons. The molecule has 0 heterocycles. The van der Waals surface area contributed by atoms with Crippen molar-refractivity contribution in [2.45, 2.75) is 19.9 Å². The van der Waals surface area contributed by atoms with Crippen molar-refractivity contribution in [1.29, 1.82) is 0 Å². The van der Waals surface area contributed by atoms with Crippen LogP contribution in [0.2, 0.25) is 0 Å². The molecule has 2 rings (SSSR count). The number of carbonyl (C=O) groups is 1. The number of hydrogen-bond donors (Lipinski definition) is 2. The van der Waals surface area contributed by atoms with E-state index in [9.17, 15) is 4.79 Å². The fourth-order valence-corrected chi connectivity index (χ4v) is 2.08. The third kappa shape index (κ3) is 3.38. The van der Waals surface area contributed by atoms with Crippen LogP contribution in [-0.2, 0) is 0 Å². The third-order valence-electron chi connectivity index (χ3n) is 3.31. The summed E-state index contributed by atoms with van der Waals surface area (Å²) in [7, 11) is 1.64. The Labute approximate surface area is 120 Å². The average molecular weight is 268 g/mol. The number of benzene rings is 2. The molecule has 3 nitrogen and oxygen atoms in total. The van der Waals surface area contributed by atoms with Gasteiger partial charge in [-0.3, -0.25) is 4.79 Å². The van der Waals surface area contributed by atoms with Crippen LogP contribution in [0.15, 0.2) is 48.5 Å². The minimum Gasteiger partial charge on any atom is -0.379 e. The number of hydrogen-bond acceptors (Lipinski definition) is 2. The molecule has 0 aliphatic heterocycles. The summed E-state index contributed by atoms with van der Waals surface area (Å²) in [5.41, 5.74) is 4.08. The molecular formula is C17H20N2O. The van der Waals surface area contributed by atoms with E-state index in [4.69, 9.17) is 0 Å².